The number of thiophene rings is 1. The second kappa shape index (κ2) is 6.95. The Balaban J connectivity index is 2.12. The molecule has 114 valence electrons. The van der Waals surface area contributed by atoms with Crippen LogP contribution in [0.2, 0.25) is 0 Å². The van der Waals surface area contributed by atoms with E-state index >= 15 is 0 Å². The molecule has 0 aliphatic rings. The highest BCUT2D eigenvalue weighted by Crippen LogP contribution is 2.32. The van der Waals surface area contributed by atoms with E-state index in [0.717, 1.165) is 20.8 Å². The van der Waals surface area contributed by atoms with Gasteiger partial charge in [-0.3, -0.25) is 0 Å². The fourth-order valence-electron chi connectivity index (χ4n) is 2.08. The Bertz CT molecular complexity index is 577. The fraction of sp³-hybridized carbons (Fsp3) is 0.412. The molecule has 0 saturated carbocycles. The molecule has 1 heterocycles. The van der Waals surface area contributed by atoms with Crippen molar-refractivity contribution >= 4 is 27.3 Å². The van der Waals surface area contributed by atoms with Gasteiger partial charge in [-0.15, -0.1) is 11.3 Å². The first kappa shape index (κ1) is 16.5. The lowest BCUT2D eigenvalue weighted by molar-refractivity contribution is 0.218. The van der Waals surface area contributed by atoms with Crippen molar-refractivity contribution in [2.75, 3.05) is 6.54 Å². The largest absolute Gasteiger partial charge is 0.484 e. The van der Waals surface area contributed by atoms with Crippen LogP contribution < -0.4 is 10.5 Å². The van der Waals surface area contributed by atoms with E-state index in [2.05, 4.69) is 54.9 Å². The Morgan fingerprint density at radius 2 is 1.86 bits per heavy atom. The summed E-state index contributed by atoms with van der Waals surface area (Å²) in [6.07, 6.45) is 1.02. The van der Waals surface area contributed by atoms with E-state index < -0.39 is 0 Å². The normalized spacial score (nSPS) is 13.2. The van der Waals surface area contributed by atoms with Gasteiger partial charge in [0.05, 0.1) is 3.79 Å². The number of ether oxygens (including phenoxy) is 1. The molecule has 0 bridgehead atoms. The standard InChI is InChI=1S/C17H22BrNOS/c1-4-17(2,3)12-5-7-13(8-6-12)20-14(11-19)15-9-10-16(18)21-15/h5-10,14H,4,11,19H2,1-3H3. The Labute approximate surface area is 139 Å². The second-order valence-electron chi connectivity index (χ2n) is 5.75. The molecule has 1 atom stereocenters. The van der Waals surface area contributed by atoms with Crippen molar-refractivity contribution in [3.05, 3.63) is 50.6 Å². The minimum atomic E-state index is -0.0914. The van der Waals surface area contributed by atoms with Crippen LogP contribution in [0.15, 0.2) is 40.2 Å². The molecule has 2 aromatic rings. The van der Waals surface area contributed by atoms with Gasteiger partial charge >= 0.3 is 0 Å². The number of rotatable bonds is 6. The third-order valence-corrected chi connectivity index (χ3v) is 5.64. The molecule has 21 heavy (non-hydrogen) atoms. The zero-order chi connectivity index (χ0) is 15.5. The maximum Gasteiger partial charge on any atom is 0.145 e. The van der Waals surface area contributed by atoms with Crippen LogP contribution >= 0.6 is 27.3 Å². The van der Waals surface area contributed by atoms with Gasteiger partial charge in [0.15, 0.2) is 0 Å². The molecule has 4 heteroatoms. The lowest BCUT2D eigenvalue weighted by Gasteiger charge is -2.24. The molecule has 0 saturated heterocycles. The summed E-state index contributed by atoms with van der Waals surface area (Å²) in [4.78, 5) is 1.14. The predicted octanol–water partition coefficient (Wildman–Crippen LogP) is 5.28. The number of nitrogens with two attached hydrogens (primary N) is 1. The number of hydrogen-bond donors (Lipinski definition) is 1. The van der Waals surface area contributed by atoms with E-state index in [0.29, 0.717) is 6.54 Å². The summed E-state index contributed by atoms with van der Waals surface area (Å²) < 4.78 is 7.13. The fourth-order valence-corrected chi connectivity index (χ4v) is 3.54. The summed E-state index contributed by atoms with van der Waals surface area (Å²) in [6, 6.07) is 12.5. The highest BCUT2D eigenvalue weighted by Gasteiger charge is 2.18. The van der Waals surface area contributed by atoms with E-state index in [1.807, 2.05) is 18.2 Å². The summed E-state index contributed by atoms with van der Waals surface area (Å²) in [5.74, 6) is 0.866. The second-order valence-corrected chi connectivity index (χ2v) is 8.24. The van der Waals surface area contributed by atoms with Gasteiger partial charge in [0.2, 0.25) is 0 Å². The summed E-state index contributed by atoms with van der Waals surface area (Å²) in [7, 11) is 0. The Morgan fingerprint density at radius 3 is 2.33 bits per heavy atom. The van der Waals surface area contributed by atoms with E-state index in [1.54, 1.807) is 11.3 Å². The molecule has 0 fully saturated rings. The maximum atomic E-state index is 6.03. The van der Waals surface area contributed by atoms with Crippen LogP contribution in [-0.4, -0.2) is 6.54 Å². The van der Waals surface area contributed by atoms with Gasteiger partial charge in [0.25, 0.3) is 0 Å². The quantitative estimate of drug-likeness (QED) is 0.753. The van der Waals surface area contributed by atoms with Gasteiger partial charge in [0, 0.05) is 11.4 Å². The molecule has 0 spiro atoms. The van der Waals surface area contributed by atoms with Crippen LogP contribution in [0.4, 0.5) is 0 Å². The van der Waals surface area contributed by atoms with E-state index in [1.165, 1.54) is 5.56 Å². The minimum absolute atomic E-state index is 0.0914. The zero-order valence-corrected chi connectivity index (χ0v) is 15.1. The van der Waals surface area contributed by atoms with Crippen LogP contribution in [0.25, 0.3) is 0 Å². The average Bonchev–Trinajstić information content (AvgIpc) is 2.91. The van der Waals surface area contributed by atoms with Crippen LogP contribution in [0.5, 0.6) is 5.75 Å². The summed E-state index contributed by atoms with van der Waals surface area (Å²) in [6.45, 7) is 7.20. The predicted molar refractivity (Wildman–Crippen MR) is 94.2 cm³/mol. The highest BCUT2D eigenvalue weighted by molar-refractivity contribution is 9.11. The highest BCUT2D eigenvalue weighted by atomic mass is 79.9. The molecular formula is C17H22BrNOS. The summed E-state index contributed by atoms with van der Waals surface area (Å²) in [5, 5.41) is 0. The number of hydrogen-bond acceptors (Lipinski definition) is 3. The smallest absolute Gasteiger partial charge is 0.145 e. The lowest BCUT2D eigenvalue weighted by atomic mass is 9.82. The van der Waals surface area contributed by atoms with Gasteiger partial charge in [0.1, 0.15) is 11.9 Å². The zero-order valence-electron chi connectivity index (χ0n) is 12.7. The van der Waals surface area contributed by atoms with E-state index in [-0.39, 0.29) is 11.5 Å². The SMILES string of the molecule is CCC(C)(C)c1ccc(OC(CN)c2ccc(Br)s2)cc1. The van der Waals surface area contributed by atoms with Gasteiger partial charge in [-0.25, -0.2) is 0 Å². The van der Waals surface area contributed by atoms with Crippen LogP contribution in [0.1, 0.15) is 43.7 Å². The molecule has 2 nitrogen and oxygen atoms in total. The van der Waals surface area contributed by atoms with Crippen molar-refractivity contribution in [2.24, 2.45) is 5.73 Å². The van der Waals surface area contributed by atoms with Gasteiger partial charge in [-0.05, 0) is 57.6 Å². The molecule has 2 rings (SSSR count). The average molecular weight is 368 g/mol. The third-order valence-electron chi connectivity index (χ3n) is 3.92. The molecule has 1 aromatic carbocycles. The van der Waals surface area contributed by atoms with Crippen molar-refractivity contribution in [1.29, 1.82) is 0 Å². The molecular weight excluding hydrogens is 346 g/mol. The Kier molecular flexibility index (Phi) is 5.47. The van der Waals surface area contributed by atoms with Crippen molar-refractivity contribution < 1.29 is 4.74 Å². The molecule has 0 aliphatic carbocycles. The topological polar surface area (TPSA) is 35.2 Å². The monoisotopic (exact) mass is 367 g/mol. The maximum absolute atomic E-state index is 6.03. The van der Waals surface area contributed by atoms with Crippen molar-refractivity contribution in [3.63, 3.8) is 0 Å². The van der Waals surface area contributed by atoms with Crippen molar-refractivity contribution in [3.8, 4) is 5.75 Å². The Hall–Kier alpha value is -0.840. The van der Waals surface area contributed by atoms with Gasteiger partial charge in [-0.2, -0.15) is 0 Å². The number of benzene rings is 1. The van der Waals surface area contributed by atoms with Gasteiger partial charge < -0.3 is 10.5 Å². The van der Waals surface area contributed by atoms with Crippen LogP contribution in [0.3, 0.4) is 0 Å². The molecule has 0 radical (unpaired) electrons. The lowest BCUT2D eigenvalue weighted by Crippen LogP contribution is -2.18. The number of halogens is 1. The molecule has 2 N–H and O–H groups in total. The molecule has 0 amide bonds. The molecule has 0 aliphatic heterocycles. The van der Waals surface area contributed by atoms with Crippen molar-refractivity contribution in [1.82, 2.24) is 0 Å². The molecule has 1 unspecified atom stereocenters. The molecule has 1 aromatic heterocycles. The first-order valence-electron chi connectivity index (χ1n) is 7.18. The van der Waals surface area contributed by atoms with E-state index in [4.69, 9.17) is 10.5 Å². The first-order valence-corrected chi connectivity index (χ1v) is 8.79. The van der Waals surface area contributed by atoms with Crippen LogP contribution in [-0.2, 0) is 5.41 Å². The van der Waals surface area contributed by atoms with Crippen molar-refractivity contribution in [2.45, 2.75) is 38.7 Å². The van der Waals surface area contributed by atoms with Gasteiger partial charge in [-0.1, -0.05) is 32.9 Å². The van der Waals surface area contributed by atoms with Crippen LogP contribution in [0, 0.1) is 0 Å². The Morgan fingerprint density at radius 1 is 1.19 bits per heavy atom. The summed E-state index contributed by atoms with van der Waals surface area (Å²) >= 11 is 5.14. The third kappa shape index (κ3) is 4.09. The summed E-state index contributed by atoms with van der Waals surface area (Å²) in [5.41, 5.74) is 7.38. The first-order chi connectivity index (χ1) is 9.96. The minimum Gasteiger partial charge on any atom is -0.484 e. The van der Waals surface area contributed by atoms with E-state index in [9.17, 15) is 0 Å².